The number of likely N-dealkylation sites (tertiary alicyclic amines) is 1. The second-order valence-corrected chi connectivity index (χ2v) is 8.62. The molecule has 7 heteroatoms. The molecule has 0 radical (unpaired) electrons. The topological polar surface area (TPSA) is 73.5 Å². The Morgan fingerprint density at radius 1 is 1.25 bits per heavy atom. The number of nitrogens with one attached hydrogen (secondary N) is 1. The monoisotopic (exact) mass is 349 g/mol. The molecular formula is C17H23N3O3S. The van der Waals surface area contributed by atoms with Crippen LogP contribution in [-0.4, -0.2) is 60.9 Å². The van der Waals surface area contributed by atoms with Gasteiger partial charge in [-0.15, -0.1) is 0 Å². The van der Waals surface area contributed by atoms with Gasteiger partial charge in [0.05, 0.1) is 6.26 Å². The number of nitrogens with zero attached hydrogens (tertiary/aromatic N) is 2. The molecule has 1 aliphatic heterocycles. The number of carbonyl (C=O) groups excluding carboxylic acids is 1. The number of piperidine rings is 1. The van der Waals surface area contributed by atoms with Gasteiger partial charge in [-0.3, -0.25) is 4.79 Å². The first-order chi connectivity index (χ1) is 11.3. The molecule has 2 heterocycles. The Labute approximate surface area is 142 Å². The Morgan fingerprint density at radius 3 is 2.54 bits per heavy atom. The van der Waals surface area contributed by atoms with E-state index in [4.69, 9.17) is 0 Å². The number of hydrogen-bond donors (Lipinski definition) is 1. The zero-order chi connectivity index (χ0) is 17.5. The Kier molecular flexibility index (Phi) is 4.40. The highest BCUT2D eigenvalue weighted by molar-refractivity contribution is 7.88. The number of benzene rings is 1. The lowest BCUT2D eigenvalue weighted by atomic mass is 10.1. The van der Waals surface area contributed by atoms with Gasteiger partial charge >= 0.3 is 0 Å². The van der Waals surface area contributed by atoms with Crippen LogP contribution < -0.4 is 0 Å². The highest BCUT2D eigenvalue weighted by Gasteiger charge is 2.29. The van der Waals surface area contributed by atoms with Crippen molar-refractivity contribution in [2.24, 2.45) is 0 Å². The largest absolute Gasteiger partial charge is 0.351 e. The first kappa shape index (κ1) is 17.0. The number of H-pyrrole nitrogens is 1. The van der Waals surface area contributed by atoms with E-state index in [-0.39, 0.29) is 11.9 Å². The molecule has 1 amide bonds. The number of amides is 1. The van der Waals surface area contributed by atoms with Crippen molar-refractivity contribution in [1.82, 2.24) is 14.2 Å². The Hall–Kier alpha value is -1.86. The minimum absolute atomic E-state index is 0.0238. The Bertz CT molecular complexity index is 864. The molecule has 3 rings (SSSR count). The Balaban J connectivity index is 1.70. The molecule has 24 heavy (non-hydrogen) atoms. The normalized spacial score (nSPS) is 16.9. The van der Waals surface area contributed by atoms with Crippen LogP contribution in [0.3, 0.4) is 0 Å². The fourth-order valence-corrected chi connectivity index (χ4v) is 3.98. The van der Waals surface area contributed by atoms with Crippen molar-refractivity contribution in [3.8, 4) is 0 Å². The Morgan fingerprint density at radius 2 is 1.92 bits per heavy atom. The first-order valence-electron chi connectivity index (χ1n) is 8.07. The standard InChI is InChI=1S/C17H23N3O3S/c1-12-4-5-13-11-16(18-15(13)10-12)17(21)20-8-6-14(7-9-20)19(2)24(3,22)23/h4-5,10-11,14,18H,6-9H2,1-3H3. The van der Waals surface area contributed by atoms with Gasteiger partial charge in [-0.05, 0) is 37.5 Å². The van der Waals surface area contributed by atoms with Crippen LogP contribution >= 0.6 is 0 Å². The number of aromatic nitrogens is 1. The van der Waals surface area contributed by atoms with Gasteiger partial charge in [-0.25, -0.2) is 12.7 Å². The van der Waals surface area contributed by atoms with E-state index in [1.807, 2.05) is 31.2 Å². The van der Waals surface area contributed by atoms with Crippen LogP contribution in [0.1, 0.15) is 28.9 Å². The summed E-state index contributed by atoms with van der Waals surface area (Å²) < 4.78 is 24.7. The fourth-order valence-electron chi connectivity index (χ4n) is 3.23. The highest BCUT2D eigenvalue weighted by atomic mass is 32.2. The zero-order valence-corrected chi connectivity index (χ0v) is 15.1. The summed E-state index contributed by atoms with van der Waals surface area (Å²) >= 11 is 0. The number of aryl methyl sites for hydroxylation is 1. The van der Waals surface area contributed by atoms with Crippen molar-refractivity contribution in [1.29, 1.82) is 0 Å². The van der Waals surface area contributed by atoms with Gasteiger partial charge in [0.1, 0.15) is 5.69 Å². The smallest absolute Gasteiger partial charge is 0.270 e. The molecule has 6 nitrogen and oxygen atoms in total. The molecule has 0 atom stereocenters. The van der Waals surface area contributed by atoms with Crippen molar-refractivity contribution >= 4 is 26.8 Å². The second kappa shape index (κ2) is 6.22. The third-order valence-electron chi connectivity index (χ3n) is 4.80. The molecular weight excluding hydrogens is 326 g/mol. The van der Waals surface area contributed by atoms with Gasteiger partial charge in [-0.1, -0.05) is 12.1 Å². The predicted molar refractivity (Wildman–Crippen MR) is 94.6 cm³/mol. The van der Waals surface area contributed by atoms with Gasteiger partial charge in [0, 0.05) is 37.1 Å². The third-order valence-corrected chi connectivity index (χ3v) is 6.14. The number of sulfonamides is 1. The van der Waals surface area contributed by atoms with Crippen LogP contribution in [0.25, 0.3) is 10.9 Å². The van der Waals surface area contributed by atoms with E-state index in [2.05, 4.69) is 4.98 Å². The molecule has 0 spiro atoms. The number of aromatic amines is 1. The van der Waals surface area contributed by atoms with E-state index in [1.165, 1.54) is 10.6 Å². The first-order valence-corrected chi connectivity index (χ1v) is 9.92. The fraction of sp³-hybridized carbons (Fsp3) is 0.471. The van der Waals surface area contributed by atoms with Gasteiger partial charge < -0.3 is 9.88 Å². The predicted octanol–water partition coefficient (Wildman–Crippen LogP) is 1.97. The maximum atomic E-state index is 12.7. The van der Waals surface area contributed by atoms with Crippen LogP contribution in [0.4, 0.5) is 0 Å². The lowest BCUT2D eigenvalue weighted by molar-refractivity contribution is 0.0681. The molecule has 1 aromatic carbocycles. The number of hydrogen-bond acceptors (Lipinski definition) is 3. The van der Waals surface area contributed by atoms with Gasteiger partial charge in [0.2, 0.25) is 10.0 Å². The molecule has 1 N–H and O–H groups in total. The van der Waals surface area contributed by atoms with E-state index in [0.29, 0.717) is 31.6 Å². The van der Waals surface area contributed by atoms with Crippen LogP contribution in [0.5, 0.6) is 0 Å². The number of carbonyl (C=O) groups is 1. The van der Waals surface area contributed by atoms with Gasteiger partial charge in [0.25, 0.3) is 5.91 Å². The second-order valence-electron chi connectivity index (χ2n) is 6.58. The summed E-state index contributed by atoms with van der Waals surface area (Å²) in [4.78, 5) is 17.7. The molecule has 1 aliphatic rings. The molecule has 0 unspecified atom stereocenters. The molecule has 0 bridgehead atoms. The molecule has 0 aliphatic carbocycles. The van der Waals surface area contributed by atoms with Crippen LogP contribution in [0.15, 0.2) is 24.3 Å². The summed E-state index contributed by atoms with van der Waals surface area (Å²) in [6, 6.07) is 7.90. The van der Waals surface area contributed by atoms with Crippen molar-refractivity contribution in [3.05, 3.63) is 35.5 Å². The third kappa shape index (κ3) is 3.32. The summed E-state index contributed by atoms with van der Waals surface area (Å²) in [7, 11) is -1.58. The van der Waals surface area contributed by atoms with Crippen molar-refractivity contribution < 1.29 is 13.2 Å². The lowest BCUT2D eigenvalue weighted by Gasteiger charge is -2.35. The van der Waals surface area contributed by atoms with E-state index in [1.54, 1.807) is 11.9 Å². The number of fused-ring (bicyclic) bond motifs is 1. The van der Waals surface area contributed by atoms with E-state index in [9.17, 15) is 13.2 Å². The molecule has 1 aromatic heterocycles. The molecule has 1 fully saturated rings. The summed E-state index contributed by atoms with van der Waals surface area (Å²) in [6.45, 7) is 3.15. The molecule has 1 saturated heterocycles. The minimum Gasteiger partial charge on any atom is -0.351 e. The quantitative estimate of drug-likeness (QED) is 0.921. The van der Waals surface area contributed by atoms with Gasteiger partial charge in [-0.2, -0.15) is 0 Å². The maximum Gasteiger partial charge on any atom is 0.270 e. The van der Waals surface area contributed by atoms with Crippen LogP contribution in [0.2, 0.25) is 0 Å². The zero-order valence-electron chi connectivity index (χ0n) is 14.2. The summed E-state index contributed by atoms with van der Waals surface area (Å²) in [5.41, 5.74) is 2.70. The SMILES string of the molecule is Cc1ccc2cc(C(=O)N3CCC(N(C)S(C)(=O)=O)CC3)[nH]c2c1. The van der Waals surface area contributed by atoms with E-state index >= 15 is 0 Å². The van der Waals surface area contributed by atoms with Crippen LogP contribution in [-0.2, 0) is 10.0 Å². The molecule has 0 saturated carbocycles. The average Bonchev–Trinajstić information content (AvgIpc) is 2.95. The summed E-state index contributed by atoms with van der Waals surface area (Å²) in [5.74, 6) is -0.0238. The lowest BCUT2D eigenvalue weighted by Crippen LogP contribution is -2.47. The van der Waals surface area contributed by atoms with Crippen molar-refractivity contribution in [2.45, 2.75) is 25.8 Å². The van der Waals surface area contributed by atoms with E-state index in [0.717, 1.165) is 16.5 Å². The van der Waals surface area contributed by atoms with Crippen molar-refractivity contribution in [2.75, 3.05) is 26.4 Å². The summed E-state index contributed by atoms with van der Waals surface area (Å²) in [6.07, 6.45) is 2.54. The average molecular weight is 349 g/mol. The minimum atomic E-state index is -3.19. The molecule has 2 aromatic rings. The van der Waals surface area contributed by atoms with Gasteiger partial charge in [0.15, 0.2) is 0 Å². The maximum absolute atomic E-state index is 12.7. The van der Waals surface area contributed by atoms with Crippen molar-refractivity contribution in [3.63, 3.8) is 0 Å². The van der Waals surface area contributed by atoms with Crippen LogP contribution in [0, 0.1) is 6.92 Å². The number of rotatable bonds is 3. The van der Waals surface area contributed by atoms with E-state index < -0.39 is 10.0 Å². The summed E-state index contributed by atoms with van der Waals surface area (Å²) in [5, 5.41) is 1.02. The molecule has 130 valence electrons. The highest BCUT2D eigenvalue weighted by Crippen LogP contribution is 2.21.